The van der Waals surface area contributed by atoms with Crippen LogP contribution in [0.3, 0.4) is 0 Å². The predicted octanol–water partition coefficient (Wildman–Crippen LogP) is 3.20. The van der Waals surface area contributed by atoms with E-state index in [1.54, 1.807) is 25.4 Å². The molecule has 3 rings (SSSR count). The monoisotopic (exact) mass is 409 g/mol. The Bertz CT molecular complexity index is 869. The predicted molar refractivity (Wildman–Crippen MR) is 101 cm³/mol. The molecule has 27 heavy (non-hydrogen) atoms. The topological polar surface area (TPSA) is 76.7 Å². The van der Waals surface area contributed by atoms with Gasteiger partial charge in [0.25, 0.3) is 0 Å². The van der Waals surface area contributed by atoms with Crippen molar-refractivity contribution < 1.29 is 13.9 Å². The van der Waals surface area contributed by atoms with Crippen LogP contribution in [0.15, 0.2) is 49.3 Å². The summed E-state index contributed by atoms with van der Waals surface area (Å²) in [7, 11) is 2.77. The first-order valence-corrected chi connectivity index (χ1v) is 10.4. The fourth-order valence-electron chi connectivity index (χ4n) is 2.50. The molecule has 0 fully saturated rings. The van der Waals surface area contributed by atoms with E-state index in [4.69, 9.17) is 0 Å². The summed E-state index contributed by atoms with van der Waals surface area (Å²) in [5.74, 6) is -0.131. The third-order valence-corrected chi connectivity index (χ3v) is 6.78. The van der Waals surface area contributed by atoms with E-state index < -0.39 is 22.5 Å². The molecule has 2 heterocycles. The number of aliphatic hydroxyl groups is 1. The molecule has 0 amide bonds. The van der Waals surface area contributed by atoms with Gasteiger partial charge in [-0.3, -0.25) is 0 Å². The lowest BCUT2D eigenvalue weighted by Gasteiger charge is -2.34. The molecule has 1 N–H and O–H groups in total. The van der Waals surface area contributed by atoms with Crippen LogP contribution in [0.1, 0.15) is 18.3 Å². The van der Waals surface area contributed by atoms with Crippen LogP contribution in [0.2, 0.25) is 0 Å². The van der Waals surface area contributed by atoms with Crippen molar-refractivity contribution in [2.45, 2.75) is 30.1 Å². The van der Waals surface area contributed by atoms with Gasteiger partial charge in [-0.05, 0) is 31.2 Å². The first-order valence-electron chi connectivity index (χ1n) is 8.03. The van der Waals surface area contributed by atoms with Crippen LogP contribution in [0, 0.1) is 11.6 Å². The molecule has 2 atom stereocenters. The quantitative estimate of drug-likeness (QED) is 0.573. The fourth-order valence-corrected chi connectivity index (χ4v) is 4.99. The van der Waals surface area contributed by atoms with Gasteiger partial charge in [0.15, 0.2) is 0 Å². The summed E-state index contributed by atoms with van der Waals surface area (Å²) in [5.41, 5.74) is -1.82. The third-order valence-electron chi connectivity index (χ3n) is 3.96. The number of hydrogen-bond acceptors (Lipinski definition) is 7. The van der Waals surface area contributed by atoms with Crippen molar-refractivity contribution in [2.75, 3.05) is 0 Å². The molecular formula is C17H17F2N5OS2. The molecule has 0 aliphatic heterocycles. The molecule has 10 heteroatoms. The average molecular weight is 409 g/mol. The van der Waals surface area contributed by atoms with Gasteiger partial charge in [-0.1, -0.05) is 21.6 Å². The van der Waals surface area contributed by atoms with Gasteiger partial charge in [-0.15, -0.1) is 0 Å². The normalized spacial score (nSPS) is 14.7. The van der Waals surface area contributed by atoms with E-state index in [2.05, 4.69) is 20.1 Å². The molecule has 0 unspecified atom stereocenters. The SMILES string of the molecule is C[C@@H](SSCc1ncccn1)[C@](O)(Cn1cncn1)c1cc(F)ccc1F. The van der Waals surface area contributed by atoms with Gasteiger partial charge in [0.2, 0.25) is 0 Å². The first-order chi connectivity index (χ1) is 13.0. The van der Waals surface area contributed by atoms with Crippen molar-refractivity contribution in [3.8, 4) is 0 Å². The van der Waals surface area contributed by atoms with Crippen LogP contribution in [0.25, 0.3) is 0 Å². The molecule has 0 aliphatic rings. The number of rotatable bonds is 8. The zero-order chi connectivity index (χ0) is 19.3. The maximum absolute atomic E-state index is 14.4. The minimum atomic E-state index is -1.70. The lowest BCUT2D eigenvalue weighted by molar-refractivity contribution is 0.0134. The summed E-state index contributed by atoms with van der Waals surface area (Å²) in [5, 5.41) is 14.9. The van der Waals surface area contributed by atoms with Crippen molar-refractivity contribution in [1.29, 1.82) is 0 Å². The summed E-state index contributed by atoms with van der Waals surface area (Å²) in [6.45, 7) is 1.69. The van der Waals surface area contributed by atoms with E-state index in [0.29, 0.717) is 11.6 Å². The molecule has 142 valence electrons. The summed E-state index contributed by atoms with van der Waals surface area (Å²) in [4.78, 5) is 12.1. The fraction of sp³-hybridized carbons (Fsp3) is 0.294. The van der Waals surface area contributed by atoms with E-state index in [9.17, 15) is 13.9 Å². The van der Waals surface area contributed by atoms with Crippen molar-refractivity contribution >= 4 is 21.6 Å². The van der Waals surface area contributed by atoms with Gasteiger partial charge < -0.3 is 5.11 Å². The molecule has 0 aliphatic carbocycles. The molecule has 0 spiro atoms. The van der Waals surface area contributed by atoms with E-state index in [-0.39, 0.29) is 12.1 Å². The molecule has 0 saturated carbocycles. The molecule has 2 aromatic heterocycles. The van der Waals surface area contributed by atoms with Crippen molar-refractivity contribution in [2.24, 2.45) is 0 Å². The summed E-state index contributed by atoms with van der Waals surface area (Å²) in [6, 6.07) is 4.79. The lowest BCUT2D eigenvalue weighted by atomic mass is 9.90. The van der Waals surface area contributed by atoms with E-state index in [0.717, 1.165) is 18.2 Å². The average Bonchev–Trinajstić information content (AvgIpc) is 3.17. The Hall–Kier alpha value is -2.04. The highest BCUT2D eigenvalue weighted by molar-refractivity contribution is 8.76. The van der Waals surface area contributed by atoms with Gasteiger partial charge in [0.1, 0.15) is 35.7 Å². The zero-order valence-electron chi connectivity index (χ0n) is 14.4. The van der Waals surface area contributed by atoms with Crippen molar-refractivity contribution in [1.82, 2.24) is 24.7 Å². The highest BCUT2D eigenvalue weighted by Gasteiger charge is 2.40. The van der Waals surface area contributed by atoms with E-state index >= 15 is 0 Å². The van der Waals surface area contributed by atoms with Crippen LogP contribution < -0.4 is 0 Å². The number of nitrogens with zero attached hydrogens (tertiary/aromatic N) is 5. The highest BCUT2D eigenvalue weighted by Crippen LogP contribution is 2.41. The maximum Gasteiger partial charge on any atom is 0.138 e. The summed E-state index contributed by atoms with van der Waals surface area (Å²) >= 11 is 0. The molecule has 1 aromatic carbocycles. The van der Waals surface area contributed by atoms with Crippen LogP contribution in [0.5, 0.6) is 0 Å². The van der Waals surface area contributed by atoms with E-state index in [1.165, 1.54) is 38.9 Å². The standard InChI is InChI=1S/C17H17F2N5OS2/c1-12(27-26-8-16-21-5-2-6-22-16)17(25,9-24-11-20-10-23-24)14-7-13(18)3-4-15(14)19/h2-7,10-12,25H,8-9H2,1H3/t12-,17-/m1/s1. The Morgan fingerprint density at radius 2 is 2.04 bits per heavy atom. The minimum absolute atomic E-state index is 0.0655. The minimum Gasteiger partial charge on any atom is -0.382 e. The molecule has 0 bridgehead atoms. The summed E-state index contributed by atoms with van der Waals surface area (Å²) < 4.78 is 29.6. The van der Waals surface area contributed by atoms with Gasteiger partial charge in [-0.25, -0.2) is 28.4 Å². The van der Waals surface area contributed by atoms with Crippen LogP contribution in [-0.4, -0.2) is 35.1 Å². The molecule has 0 radical (unpaired) electrons. The molecule has 3 aromatic rings. The smallest absolute Gasteiger partial charge is 0.138 e. The molecule has 0 saturated heterocycles. The van der Waals surface area contributed by atoms with Gasteiger partial charge in [0, 0.05) is 23.2 Å². The third kappa shape index (κ3) is 4.82. The molecule has 6 nitrogen and oxygen atoms in total. The Kier molecular flexibility index (Phi) is 6.40. The number of aromatic nitrogens is 5. The second-order valence-corrected chi connectivity index (χ2v) is 8.52. The Morgan fingerprint density at radius 1 is 1.26 bits per heavy atom. The largest absolute Gasteiger partial charge is 0.382 e. The van der Waals surface area contributed by atoms with Gasteiger partial charge in [-0.2, -0.15) is 5.10 Å². The Labute approximate surface area is 162 Å². The Morgan fingerprint density at radius 3 is 2.74 bits per heavy atom. The lowest BCUT2D eigenvalue weighted by Crippen LogP contribution is -2.41. The van der Waals surface area contributed by atoms with Gasteiger partial charge >= 0.3 is 0 Å². The second-order valence-electron chi connectivity index (χ2n) is 5.81. The van der Waals surface area contributed by atoms with Crippen LogP contribution in [0.4, 0.5) is 8.78 Å². The Balaban J connectivity index is 1.81. The molecular weight excluding hydrogens is 392 g/mol. The van der Waals surface area contributed by atoms with Crippen molar-refractivity contribution in [3.05, 3.63) is 72.3 Å². The number of benzene rings is 1. The summed E-state index contributed by atoms with van der Waals surface area (Å²) in [6.07, 6.45) is 6.05. The van der Waals surface area contributed by atoms with Crippen LogP contribution >= 0.6 is 21.6 Å². The second kappa shape index (κ2) is 8.77. The number of halogens is 2. The number of hydrogen-bond donors (Lipinski definition) is 1. The van der Waals surface area contributed by atoms with Gasteiger partial charge in [0.05, 0.1) is 12.3 Å². The maximum atomic E-state index is 14.4. The van der Waals surface area contributed by atoms with E-state index in [1.807, 2.05) is 0 Å². The van der Waals surface area contributed by atoms with Crippen LogP contribution in [-0.2, 0) is 17.9 Å². The highest BCUT2D eigenvalue weighted by atomic mass is 33.1. The first kappa shape index (κ1) is 19.7. The van der Waals surface area contributed by atoms with Crippen molar-refractivity contribution in [3.63, 3.8) is 0 Å². The zero-order valence-corrected chi connectivity index (χ0v) is 16.0.